The Morgan fingerprint density at radius 2 is 0.750 bits per heavy atom. The fourth-order valence-electron chi connectivity index (χ4n) is 1.28. The standard InChI is InChI=1S/2C7H2Cl3N.2ClH/c2*1-11-7-5(9)2-4(8)3-6(7)10;;/h2*2-3H;2*1H. The van der Waals surface area contributed by atoms with E-state index in [1.165, 1.54) is 24.3 Å². The van der Waals surface area contributed by atoms with Crippen LogP contribution in [-0.4, -0.2) is 0 Å². The van der Waals surface area contributed by atoms with E-state index in [9.17, 15) is 0 Å². The average Bonchev–Trinajstić information content (AvgIpc) is 2.38. The summed E-state index contributed by atoms with van der Waals surface area (Å²) in [6.07, 6.45) is 0. The number of nitrogens with zero attached hydrogens (tertiary/aromatic N) is 2. The van der Waals surface area contributed by atoms with Gasteiger partial charge in [-0.15, -0.1) is 24.8 Å². The predicted molar refractivity (Wildman–Crippen MR) is 110 cm³/mol. The Morgan fingerprint density at radius 3 is 0.917 bits per heavy atom. The third-order valence-electron chi connectivity index (χ3n) is 2.19. The molecule has 0 amide bonds. The predicted octanol–water partition coefficient (Wildman–Crippen LogP) is 9.24. The maximum atomic E-state index is 6.71. The van der Waals surface area contributed by atoms with Crippen molar-refractivity contribution in [1.29, 1.82) is 0 Å². The second-order valence-corrected chi connectivity index (χ2v) is 6.16. The Morgan fingerprint density at radius 1 is 0.542 bits per heavy atom. The molecule has 0 spiro atoms. The summed E-state index contributed by atoms with van der Waals surface area (Å²) in [5, 5.41) is 2.03. The van der Waals surface area contributed by atoms with Crippen molar-refractivity contribution in [3.8, 4) is 0 Å². The minimum absolute atomic E-state index is 0. The van der Waals surface area contributed by atoms with E-state index in [1.54, 1.807) is 0 Å². The van der Waals surface area contributed by atoms with Crippen molar-refractivity contribution < 1.29 is 0 Å². The van der Waals surface area contributed by atoms with Gasteiger partial charge >= 0.3 is 0 Å². The van der Waals surface area contributed by atoms with E-state index in [0.29, 0.717) is 10.0 Å². The van der Waals surface area contributed by atoms with Gasteiger partial charge in [-0.2, -0.15) is 0 Å². The van der Waals surface area contributed by atoms with E-state index in [-0.39, 0.29) is 56.3 Å². The van der Waals surface area contributed by atoms with Crippen molar-refractivity contribution in [2.45, 2.75) is 0 Å². The first-order valence-corrected chi connectivity index (χ1v) is 7.61. The molecule has 0 fully saturated rings. The zero-order valence-corrected chi connectivity index (χ0v) is 17.5. The zero-order chi connectivity index (χ0) is 16.9. The quantitative estimate of drug-likeness (QED) is 0.329. The molecule has 0 saturated heterocycles. The maximum absolute atomic E-state index is 6.71. The molecule has 128 valence electrons. The van der Waals surface area contributed by atoms with E-state index < -0.39 is 0 Å². The molecule has 2 aromatic rings. The van der Waals surface area contributed by atoms with Gasteiger partial charge in [0.05, 0.1) is 13.1 Å². The Hall–Kier alpha value is -0.260. The number of rotatable bonds is 0. The third kappa shape index (κ3) is 7.32. The van der Waals surface area contributed by atoms with Gasteiger partial charge in [-0.1, -0.05) is 69.6 Å². The number of benzene rings is 2. The van der Waals surface area contributed by atoms with Gasteiger partial charge in [0.25, 0.3) is 0 Å². The van der Waals surface area contributed by atoms with Crippen LogP contribution in [0.1, 0.15) is 0 Å². The van der Waals surface area contributed by atoms with Gasteiger partial charge in [-0.3, -0.25) is 0 Å². The first-order chi connectivity index (χ1) is 10.3. The molecular weight excluding hydrogens is 480 g/mol. The van der Waals surface area contributed by atoms with Crippen molar-refractivity contribution in [1.82, 2.24) is 0 Å². The summed E-state index contributed by atoms with van der Waals surface area (Å²) in [7, 11) is 0. The number of hydrogen-bond acceptors (Lipinski definition) is 0. The second kappa shape index (κ2) is 12.2. The molecule has 0 bridgehead atoms. The van der Waals surface area contributed by atoms with Gasteiger partial charge in [0.2, 0.25) is 11.4 Å². The normalized spacial score (nSPS) is 8.50. The maximum Gasteiger partial charge on any atom is 0.223 e. The highest BCUT2D eigenvalue weighted by atomic mass is 35.5. The minimum Gasteiger partial charge on any atom is -0.235 e. The van der Waals surface area contributed by atoms with Crippen LogP contribution in [0.5, 0.6) is 0 Å². The molecule has 24 heavy (non-hydrogen) atoms. The van der Waals surface area contributed by atoms with Crippen LogP contribution in [0.3, 0.4) is 0 Å². The van der Waals surface area contributed by atoms with Crippen LogP contribution in [-0.2, 0) is 0 Å². The Kier molecular flexibility index (Phi) is 13.2. The largest absolute Gasteiger partial charge is 0.235 e. The van der Waals surface area contributed by atoms with Gasteiger partial charge in [0.15, 0.2) is 0 Å². The lowest BCUT2D eigenvalue weighted by molar-refractivity contribution is 1.71. The van der Waals surface area contributed by atoms with Crippen LogP contribution in [0.2, 0.25) is 30.1 Å². The molecule has 2 aromatic carbocycles. The summed E-state index contributed by atoms with van der Waals surface area (Å²) in [6, 6.07) is 5.95. The Balaban J connectivity index is 0. The van der Waals surface area contributed by atoms with Crippen LogP contribution in [0.15, 0.2) is 24.3 Å². The highest BCUT2D eigenvalue weighted by molar-refractivity contribution is 6.42. The summed E-state index contributed by atoms with van der Waals surface area (Å²) >= 11 is 33.8. The molecule has 0 aliphatic rings. The molecule has 2 nitrogen and oxygen atoms in total. The molecule has 0 radical (unpaired) electrons. The van der Waals surface area contributed by atoms with Crippen LogP contribution >= 0.6 is 94.4 Å². The lowest BCUT2D eigenvalue weighted by Crippen LogP contribution is -1.69. The second-order valence-electron chi connectivity index (χ2n) is 3.66. The molecule has 10 heteroatoms. The van der Waals surface area contributed by atoms with E-state index in [4.69, 9.17) is 82.7 Å². The van der Waals surface area contributed by atoms with E-state index in [1.807, 2.05) is 0 Å². The summed E-state index contributed by atoms with van der Waals surface area (Å²) in [5.41, 5.74) is 0.496. The Labute approximate surface area is 182 Å². The van der Waals surface area contributed by atoms with Gasteiger partial charge in [0, 0.05) is 30.1 Å². The lowest BCUT2D eigenvalue weighted by Gasteiger charge is -1.97. The van der Waals surface area contributed by atoms with Crippen LogP contribution < -0.4 is 0 Å². The SMILES string of the molecule is Cl.Cl.[C-]#[N+]c1c(Cl)cc(Cl)cc1Cl.[C-]#[N+]c1c(Cl)cc(Cl)cc1Cl. The molecule has 0 aliphatic carbocycles. The van der Waals surface area contributed by atoms with Crippen molar-refractivity contribution in [2.24, 2.45) is 0 Å². The lowest BCUT2D eigenvalue weighted by atomic mass is 10.3. The summed E-state index contributed by atoms with van der Waals surface area (Å²) in [6.45, 7) is 13.4. The third-order valence-corrected chi connectivity index (χ3v) is 3.78. The van der Waals surface area contributed by atoms with Crippen molar-refractivity contribution in [3.05, 3.63) is 77.2 Å². The molecule has 0 aromatic heterocycles. The van der Waals surface area contributed by atoms with Crippen LogP contribution in [0.4, 0.5) is 11.4 Å². The molecule has 2 rings (SSSR count). The molecule has 0 saturated carbocycles. The van der Waals surface area contributed by atoms with Crippen LogP contribution in [0.25, 0.3) is 9.69 Å². The topological polar surface area (TPSA) is 8.72 Å². The first kappa shape index (κ1) is 26.0. The van der Waals surface area contributed by atoms with Gasteiger partial charge in [0.1, 0.15) is 0 Å². The van der Waals surface area contributed by atoms with E-state index in [2.05, 4.69) is 9.69 Å². The monoisotopic (exact) mass is 482 g/mol. The van der Waals surface area contributed by atoms with Gasteiger partial charge in [-0.05, 0) is 24.3 Å². The molecule has 0 heterocycles. The number of halogens is 8. The highest BCUT2D eigenvalue weighted by Gasteiger charge is 2.06. The molecule has 0 aliphatic heterocycles. The minimum atomic E-state index is 0. The molecular formula is C14H6Cl8N2. The summed E-state index contributed by atoms with van der Waals surface area (Å²) in [5.74, 6) is 0. The zero-order valence-electron chi connectivity index (χ0n) is 11.3. The summed E-state index contributed by atoms with van der Waals surface area (Å²) in [4.78, 5) is 6.28. The fraction of sp³-hybridized carbons (Fsp3) is 0. The smallest absolute Gasteiger partial charge is 0.223 e. The highest BCUT2D eigenvalue weighted by Crippen LogP contribution is 2.36. The van der Waals surface area contributed by atoms with Crippen LogP contribution in [0, 0.1) is 13.1 Å². The molecule has 0 atom stereocenters. The molecule has 0 N–H and O–H groups in total. The van der Waals surface area contributed by atoms with Gasteiger partial charge in [-0.25, -0.2) is 9.69 Å². The first-order valence-electron chi connectivity index (χ1n) is 5.34. The Bertz CT molecular complexity index is 679. The summed E-state index contributed by atoms with van der Waals surface area (Å²) < 4.78 is 0. The van der Waals surface area contributed by atoms with E-state index >= 15 is 0 Å². The van der Waals surface area contributed by atoms with Crippen molar-refractivity contribution >= 4 is 106 Å². The molecule has 0 unspecified atom stereocenters. The van der Waals surface area contributed by atoms with Gasteiger partial charge < -0.3 is 0 Å². The van der Waals surface area contributed by atoms with E-state index in [0.717, 1.165) is 0 Å². The average molecular weight is 486 g/mol. The van der Waals surface area contributed by atoms with Crippen molar-refractivity contribution in [2.75, 3.05) is 0 Å². The number of hydrogen-bond donors (Lipinski definition) is 0. The fourth-order valence-corrected chi connectivity index (χ4v) is 3.09. The van der Waals surface area contributed by atoms with Crippen molar-refractivity contribution in [3.63, 3.8) is 0 Å².